The molecule has 34 heavy (non-hydrogen) atoms. The number of nitrogens with one attached hydrogen (secondary N) is 2. The van der Waals surface area contributed by atoms with E-state index in [0.717, 1.165) is 35.1 Å². The van der Waals surface area contributed by atoms with Gasteiger partial charge in [0.25, 0.3) is 0 Å². The lowest BCUT2D eigenvalue weighted by molar-refractivity contribution is -0.143. The van der Waals surface area contributed by atoms with Crippen molar-refractivity contribution in [2.24, 2.45) is 17.8 Å². The van der Waals surface area contributed by atoms with Crippen molar-refractivity contribution in [3.05, 3.63) is 59.7 Å². The normalized spacial score (nSPS) is 16.3. The molecule has 2 atom stereocenters. The summed E-state index contributed by atoms with van der Waals surface area (Å²) in [6, 6.07) is 15.5. The van der Waals surface area contributed by atoms with Gasteiger partial charge in [0, 0.05) is 12.5 Å². The Balaban J connectivity index is 1.37. The van der Waals surface area contributed by atoms with E-state index in [-0.39, 0.29) is 30.9 Å². The summed E-state index contributed by atoms with van der Waals surface area (Å²) in [7, 11) is 0. The number of carbonyl (C=O) groups excluding carboxylic acids is 2. The number of alkyl carbamates (subject to hydrolysis) is 1. The SMILES string of the molecule is CC(C)C(CNC(=O)[C@H](CC1CC1)NC(=O)OCC1c2ccccc2-c2ccccc21)C(=O)O. The average molecular weight is 465 g/mol. The molecule has 2 amide bonds. The highest BCUT2D eigenvalue weighted by molar-refractivity contribution is 5.86. The fraction of sp³-hybridized carbons (Fsp3) is 0.444. The van der Waals surface area contributed by atoms with E-state index in [1.165, 1.54) is 0 Å². The summed E-state index contributed by atoms with van der Waals surface area (Å²) < 4.78 is 5.60. The van der Waals surface area contributed by atoms with Gasteiger partial charge < -0.3 is 20.5 Å². The molecule has 1 fully saturated rings. The first kappa shape index (κ1) is 23.8. The predicted molar refractivity (Wildman–Crippen MR) is 128 cm³/mol. The molecule has 0 radical (unpaired) electrons. The first-order valence-electron chi connectivity index (χ1n) is 12.0. The fourth-order valence-electron chi connectivity index (χ4n) is 4.64. The van der Waals surface area contributed by atoms with E-state index < -0.39 is 24.0 Å². The second kappa shape index (κ2) is 10.3. The van der Waals surface area contributed by atoms with Gasteiger partial charge in [-0.1, -0.05) is 75.2 Å². The second-order valence-corrected chi connectivity index (χ2v) is 9.64. The van der Waals surface area contributed by atoms with Crippen molar-refractivity contribution in [2.45, 2.75) is 45.1 Å². The molecule has 2 aromatic rings. The van der Waals surface area contributed by atoms with E-state index >= 15 is 0 Å². The largest absolute Gasteiger partial charge is 0.481 e. The number of carboxylic acids is 1. The van der Waals surface area contributed by atoms with Crippen LogP contribution in [0.5, 0.6) is 0 Å². The van der Waals surface area contributed by atoms with Gasteiger partial charge in [-0.25, -0.2) is 4.79 Å². The highest BCUT2D eigenvalue weighted by Gasteiger charge is 2.33. The Hall–Kier alpha value is -3.35. The average Bonchev–Trinajstić information content (AvgIpc) is 3.57. The molecule has 0 aliphatic heterocycles. The van der Waals surface area contributed by atoms with Crippen LogP contribution < -0.4 is 10.6 Å². The zero-order valence-electron chi connectivity index (χ0n) is 19.6. The van der Waals surface area contributed by atoms with E-state index in [0.29, 0.717) is 12.3 Å². The van der Waals surface area contributed by atoms with Crippen LogP contribution in [0.4, 0.5) is 4.79 Å². The maximum Gasteiger partial charge on any atom is 0.407 e. The molecule has 2 aromatic carbocycles. The van der Waals surface area contributed by atoms with Gasteiger partial charge in [-0.05, 0) is 40.5 Å². The number of amides is 2. The third kappa shape index (κ3) is 5.41. The van der Waals surface area contributed by atoms with Crippen molar-refractivity contribution in [3.63, 3.8) is 0 Å². The molecule has 0 spiro atoms. The number of hydrogen-bond donors (Lipinski definition) is 3. The number of hydrogen-bond acceptors (Lipinski definition) is 4. The molecule has 7 nitrogen and oxygen atoms in total. The van der Waals surface area contributed by atoms with Crippen molar-refractivity contribution in [1.29, 1.82) is 0 Å². The van der Waals surface area contributed by atoms with Crippen LogP contribution in [-0.2, 0) is 14.3 Å². The standard InChI is InChI=1S/C27H32N2O5/c1-16(2)22(26(31)32)14-28-25(30)24(13-17-11-12-17)29-27(33)34-15-23-20-9-5-3-7-18(20)19-8-4-6-10-21(19)23/h3-10,16-17,22-24H,11-15H2,1-2H3,(H,28,30)(H,29,33)(H,31,32)/t22?,24-/m0/s1. The maximum atomic E-state index is 12.8. The molecular formula is C27H32N2O5. The van der Waals surface area contributed by atoms with Crippen LogP contribution >= 0.6 is 0 Å². The lowest BCUT2D eigenvalue weighted by Gasteiger charge is -2.22. The van der Waals surface area contributed by atoms with Gasteiger partial charge in [0.05, 0.1) is 5.92 Å². The highest BCUT2D eigenvalue weighted by Crippen LogP contribution is 2.44. The van der Waals surface area contributed by atoms with E-state index in [9.17, 15) is 19.5 Å². The summed E-state index contributed by atoms with van der Waals surface area (Å²) >= 11 is 0. The Morgan fingerprint density at radius 1 is 1.00 bits per heavy atom. The van der Waals surface area contributed by atoms with Gasteiger partial charge in [0.1, 0.15) is 12.6 Å². The van der Waals surface area contributed by atoms with Crippen LogP contribution in [0.1, 0.15) is 50.2 Å². The van der Waals surface area contributed by atoms with Gasteiger partial charge in [0.2, 0.25) is 5.91 Å². The summed E-state index contributed by atoms with van der Waals surface area (Å²) in [5.74, 6) is -1.78. The molecule has 4 rings (SSSR count). The Morgan fingerprint density at radius 3 is 2.12 bits per heavy atom. The number of aliphatic carboxylic acids is 1. The number of rotatable bonds is 10. The zero-order chi connectivity index (χ0) is 24.2. The highest BCUT2D eigenvalue weighted by atomic mass is 16.5. The Morgan fingerprint density at radius 2 is 1.59 bits per heavy atom. The molecular weight excluding hydrogens is 432 g/mol. The molecule has 1 unspecified atom stereocenters. The Labute approximate surface area is 199 Å². The van der Waals surface area contributed by atoms with E-state index in [1.807, 2.05) is 38.1 Å². The van der Waals surface area contributed by atoms with E-state index in [4.69, 9.17) is 4.74 Å². The van der Waals surface area contributed by atoms with Crippen LogP contribution in [0.15, 0.2) is 48.5 Å². The van der Waals surface area contributed by atoms with Crippen molar-refractivity contribution in [3.8, 4) is 11.1 Å². The minimum atomic E-state index is -0.946. The zero-order valence-corrected chi connectivity index (χ0v) is 19.6. The van der Waals surface area contributed by atoms with Crippen molar-refractivity contribution in [1.82, 2.24) is 10.6 Å². The summed E-state index contributed by atoms with van der Waals surface area (Å²) in [4.78, 5) is 36.9. The lowest BCUT2D eigenvalue weighted by Crippen LogP contribution is -2.49. The van der Waals surface area contributed by atoms with Crippen LogP contribution in [0.25, 0.3) is 11.1 Å². The monoisotopic (exact) mass is 464 g/mol. The quantitative estimate of drug-likeness (QED) is 0.490. The van der Waals surface area contributed by atoms with Gasteiger partial charge in [-0.3, -0.25) is 9.59 Å². The number of ether oxygens (including phenoxy) is 1. The third-order valence-corrected chi connectivity index (χ3v) is 6.84. The summed E-state index contributed by atoms with van der Waals surface area (Å²) in [6.45, 7) is 3.81. The van der Waals surface area contributed by atoms with Crippen LogP contribution in [0, 0.1) is 17.8 Å². The minimum Gasteiger partial charge on any atom is -0.481 e. The molecule has 3 N–H and O–H groups in total. The number of carbonyl (C=O) groups is 3. The fourth-order valence-corrected chi connectivity index (χ4v) is 4.64. The topological polar surface area (TPSA) is 105 Å². The van der Waals surface area contributed by atoms with Crippen LogP contribution in [0.2, 0.25) is 0 Å². The van der Waals surface area contributed by atoms with Crippen LogP contribution in [0.3, 0.4) is 0 Å². The molecule has 180 valence electrons. The minimum absolute atomic E-state index is 0.0272. The molecule has 1 saturated carbocycles. The molecule has 7 heteroatoms. The molecule has 2 aliphatic rings. The van der Waals surface area contributed by atoms with Crippen LogP contribution in [-0.4, -0.2) is 42.3 Å². The lowest BCUT2D eigenvalue weighted by atomic mass is 9.96. The molecule has 0 aromatic heterocycles. The Bertz CT molecular complexity index is 1020. The van der Waals surface area contributed by atoms with Gasteiger partial charge in [-0.2, -0.15) is 0 Å². The molecule has 0 bridgehead atoms. The van der Waals surface area contributed by atoms with Crippen molar-refractivity contribution in [2.75, 3.05) is 13.2 Å². The summed E-state index contributed by atoms with van der Waals surface area (Å²) in [5.41, 5.74) is 4.54. The number of carboxylic acid groups (broad SMARTS) is 1. The first-order valence-corrected chi connectivity index (χ1v) is 12.0. The van der Waals surface area contributed by atoms with Gasteiger partial charge in [-0.15, -0.1) is 0 Å². The number of fused-ring (bicyclic) bond motifs is 3. The van der Waals surface area contributed by atoms with Gasteiger partial charge in [0.15, 0.2) is 0 Å². The molecule has 2 aliphatic carbocycles. The van der Waals surface area contributed by atoms with E-state index in [2.05, 4.69) is 34.9 Å². The van der Waals surface area contributed by atoms with Crippen molar-refractivity contribution < 1.29 is 24.2 Å². The Kier molecular flexibility index (Phi) is 7.20. The maximum absolute atomic E-state index is 12.8. The second-order valence-electron chi connectivity index (χ2n) is 9.64. The predicted octanol–water partition coefficient (Wildman–Crippen LogP) is 4.17. The van der Waals surface area contributed by atoms with E-state index in [1.54, 1.807) is 0 Å². The summed E-state index contributed by atoms with van der Waals surface area (Å²) in [6.07, 6.45) is 1.94. The smallest absolute Gasteiger partial charge is 0.407 e. The van der Waals surface area contributed by atoms with Crippen molar-refractivity contribution >= 4 is 18.0 Å². The summed E-state index contributed by atoms with van der Waals surface area (Å²) in [5, 5.41) is 14.8. The van der Waals surface area contributed by atoms with Gasteiger partial charge >= 0.3 is 12.1 Å². The molecule has 0 heterocycles. The first-order chi connectivity index (χ1) is 16.3. The number of benzene rings is 2. The molecule has 0 saturated heterocycles. The third-order valence-electron chi connectivity index (χ3n) is 6.84.